The third-order valence-corrected chi connectivity index (χ3v) is 4.18. The van der Waals surface area contributed by atoms with E-state index in [1.54, 1.807) is 6.20 Å². The summed E-state index contributed by atoms with van der Waals surface area (Å²) in [7, 11) is 0. The molecule has 3 N–H and O–H groups in total. The van der Waals surface area contributed by atoms with E-state index in [9.17, 15) is 0 Å². The average molecular weight is 277 g/mol. The van der Waals surface area contributed by atoms with Gasteiger partial charge < -0.3 is 11.1 Å². The first-order valence-corrected chi connectivity index (χ1v) is 7.55. The van der Waals surface area contributed by atoms with Crippen molar-refractivity contribution in [3.05, 3.63) is 23.9 Å². The van der Waals surface area contributed by atoms with E-state index >= 15 is 0 Å². The van der Waals surface area contributed by atoms with Gasteiger partial charge in [0.2, 0.25) is 0 Å². The SMILES string of the molecule is CC1CCCC(CCNc2cc(C(N)=S)ccn2)C1. The van der Waals surface area contributed by atoms with Gasteiger partial charge in [-0.2, -0.15) is 0 Å². The van der Waals surface area contributed by atoms with Gasteiger partial charge in [0.25, 0.3) is 0 Å². The van der Waals surface area contributed by atoms with Crippen molar-refractivity contribution in [3.8, 4) is 0 Å². The molecule has 1 aromatic rings. The number of aromatic nitrogens is 1. The molecule has 0 radical (unpaired) electrons. The molecule has 0 bridgehead atoms. The molecule has 1 fully saturated rings. The van der Waals surface area contributed by atoms with Crippen LogP contribution in [0.4, 0.5) is 5.82 Å². The van der Waals surface area contributed by atoms with E-state index in [1.165, 1.54) is 32.1 Å². The van der Waals surface area contributed by atoms with Gasteiger partial charge in [0.15, 0.2) is 0 Å². The van der Waals surface area contributed by atoms with Crippen LogP contribution in [0.1, 0.15) is 44.6 Å². The second-order valence-corrected chi connectivity index (χ2v) is 6.09. The highest BCUT2D eigenvalue weighted by atomic mass is 32.1. The molecule has 0 spiro atoms. The van der Waals surface area contributed by atoms with Crippen molar-refractivity contribution in [3.63, 3.8) is 0 Å². The Labute approximate surface area is 121 Å². The largest absolute Gasteiger partial charge is 0.389 e. The molecule has 0 aromatic carbocycles. The summed E-state index contributed by atoms with van der Waals surface area (Å²) in [4.78, 5) is 4.72. The average Bonchev–Trinajstić information content (AvgIpc) is 2.39. The molecule has 0 aliphatic heterocycles. The standard InChI is InChI=1S/C15H23N3S/c1-11-3-2-4-12(9-11)5-7-17-14-10-13(15(16)19)6-8-18-14/h6,8,10-12H,2-5,7,9H2,1H3,(H2,16,19)(H,17,18). The Morgan fingerprint density at radius 1 is 1.53 bits per heavy atom. The number of thiocarbonyl (C=S) groups is 1. The molecule has 2 atom stereocenters. The summed E-state index contributed by atoms with van der Waals surface area (Å²) >= 11 is 4.97. The summed E-state index contributed by atoms with van der Waals surface area (Å²) in [5, 5.41) is 3.38. The highest BCUT2D eigenvalue weighted by Crippen LogP contribution is 2.30. The summed E-state index contributed by atoms with van der Waals surface area (Å²) in [6.45, 7) is 3.35. The first-order chi connectivity index (χ1) is 9.15. The Morgan fingerprint density at radius 3 is 3.11 bits per heavy atom. The summed E-state index contributed by atoms with van der Waals surface area (Å²) in [6, 6.07) is 3.77. The summed E-state index contributed by atoms with van der Waals surface area (Å²) in [6.07, 6.45) is 8.53. The minimum absolute atomic E-state index is 0.423. The maximum atomic E-state index is 5.62. The molecule has 1 saturated carbocycles. The molecular weight excluding hydrogens is 254 g/mol. The lowest BCUT2D eigenvalue weighted by molar-refractivity contribution is 0.274. The second-order valence-electron chi connectivity index (χ2n) is 5.65. The van der Waals surface area contributed by atoms with Gasteiger partial charge in [0, 0.05) is 18.3 Å². The van der Waals surface area contributed by atoms with E-state index in [4.69, 9.17) is 18.0 Å². The van der Waals surface area contributed by atoms with Crippen molar-refractivity contribution < 1.29 is 0 Å². The molecule has 0 amide bonds. The zero-order chi connectivity index (χ0) is 13.7. The lowest BCUT2D eigenvalue weighted by atomic mass is 9.81. The van der Waals surface area contributed by atoms with E-state index in [0.717, 1.165) is 29.8 Å². The number of nitrogens with two attached hydrogens (primary N) is 1. The van der Waals surface area contributed by atoms with Crippen molar-refractivity contribution in [1.82, 2.24) is 4.98 Å². The van der Waals surface area contributed by atoms with Crippen molar-refractivity contribution in [1.29, 1.82) is 0 Å². The fourth-order valence-corrected chi connectivity index (χ4v) is 3.03. The predicted molar refractivity (Wildman–Crippen MR) is 84.4 cm³/mol. The maximum Gasteiger partial charge on any atom is 0.126 e. The predicted octanol–water partition coefficient (Wildman–Crippen LogP) is 3.34. The Hall–Kier alpha value is -1.16. The molecule has 1 aliphatic carbocycles. The van der Waals surface area contributed by atoms with Crippen LogP contribution in [0.25, 0.3) is 0 Å². The fraction of sp³-hybridized carbons (Fsp3) is 0.600. The Morgan fingerprint density at radius 2 is 2.37 bits per heavy atom. The molecule has 104 valence electrons. The molecule has 2 unspecified atom stereocenters. The molecule has 1 heterocycles. The zero-order valence-corrected chi connectivity index (χ0v) is 12.4. The number of anilines is 1. The van der Waals surface area contributed by atoms with Gasteiger partial charge in [0.1, 0.15) is 10.8 Å². The van der Waals surface area contributed by atoms with Gasteiger partial charge in [-0.05, 0) is 36.8 Å². The van der Waals surface area contributed by atoms with Crippen LogP contribution >= 0.6 is 12.2 Å². The van der Waals surface area contributed by atoms with Crippen LogP contribution in [0.5, 0.6) is 0 Å². The lowest BCUT2D eigenvalue weighted by Crippen LogP contribution is -2.17. The third kappa shape index (κ3) is 4.46. The Bertz CT molecular complexity index is 433. The van der Waals surface area contributed by atoms with Gasteiger partial charge in [-0.3, -0.25) is 0 Å². The van der Waals surface area contributed by atoms with Gasteiger partial charge in [-0.15, -0.1) is 0 Å². The molecule has 1 aliphatic rings. The maximum absolute atomic E-state index is 5.62. The van der Waals surface area contributed by atoms with E-state index in [2.05, 4.69) is 17.2 Å². The molecule has 4 heteroatoms. The van der Waals surface area contributed by atoms with Crippen molar-refractivity contribution >= 4 is 23.0 Å². The lowest BCUT2D eigenvalue weighted by Gasteiger charge is -2.26. The van der Waals surface area contributed by atoms with Crippen LogP contribution in [0.2, 0.25) is 0 Å². The van der Waals surface area contributed by atoms with Gasteiger partial charge in [-0.25, -0.2) is 4.98 Å². The van der Waals surface area contributed by atoms with Crippen LogP contribution in [0, 0.1) is 11.8 Å². The van der Waals surface area contributed by atoms with Crippen molar-refractivity contribution in [2.24, 2.45) is 17.6 Å². The Balaban J connectivity index is 1.79. The normalized spacial score (nSPS) is 23.0. The van der Waals surface area contributed by atoms with E-state index < -0.39 is 0 Å². The number of pyridine rings is 1. The smallest absolute Gasteiger partial charge is 0.126 e. The summed E-state index contributed by atoms with van der Waals surface area (Å²) in [5.41, 5.74) is 6.49. The van der Waals surface area contributed by atoms with E-state index in [0.29, 0.717) is 4.99 Å². The number of hydrogen-bond acceptors (Lipinski definition) is 3. The molecule has 2 rings (SSSR count). The minimum Gasteiger partial charge on any atom is -0.389 e. The first-order valence-electron chi connectivity index (χ1n) is 7.15. The molecular formula is C15H23N3S. The number of hydrogen-bond donors (Lipinski definition) is 2. The molecule has 1 aromatic heterocycles. The molecule has 3 nitrogen and oxygen atoms in total. The second kappa shape index (κ2) is 6.85. The molecule has 19 heavy (non-hydrogen) atoms. The van der Waals surface area contributed by atoms with Crippen molar-refractivity contribution in [2.75, 3.05) is 11.9 Å². The fourth-order valence-electron chi connectivity index (χ4n) is 2.91. The van der Waals surface area contributed by atoms with Crippen molar-refractivity contribution in [2.45, 2.75) is 39.0 Å². The van der Waals surface area contributed by atoms with Crippen LogP contribution < -0.4 is 11.1 Å². The third-order valence-electron chi connectivity index (χ3n) is 3.95. The number of nitrogens with zero attached hydrogens (tertiary/aromatic N) is 1. The Kier molecular flexibility index (Phi) is 5.14. The minimum atomic E-state index is 0.423. The van der Waals surface area contributed by atoms with E-state index in [-0.39, 0.29) is 0 Å². The highest BCUT2D eigenvalue weighted by molar-refractivity contribution is 7.80. The topological polar surface area (TPSA) is 50.9 Å². The van der Waals surface area contributed by atoms with Gasteiger partial charge in [-0.1, -0.05) is 38.4 Å². The van der Waals surface area contributed by atoms with Crippen LogP contribution in [-0.2, 0) is 0 Å². The van der Waals surface area contributed by atoms with E-state index in [1.807, 2.05) is 12.1 Å². The molecule has 0 saturated heterocycles. The van der Waals surface area contributed by atoms with Gasteiger partial charge in [0.05, 0.1) is 0 Å². The quantitative estimate of drug-likeness (QED) is 0.810. The number of rotatable bonds is 5. The summed E-state index contributed by atoms with van der Waals surface area (Å²) in [5.74, 6) is 2.64. The number of nitrogens with one attached hydrogen (secondary N) is 1. The summed E-state index contributed by atoms with van der Waals surface area (Å²) < 4.78 is 0. The van der Waals surface area contributed by atoms with Crippen LogP contribution in [-0.4, -0.2) is 16.5 Å². The zero-order valence-electron chi connectivity index (χ0n) is 11.6. The van der Waals surface area contributed by atoms with Gasteiger partial charge >= 0.3 is 0 Å². The monoisotopic (exact) mass is 277 g/mol. The van der Waals surface area contributed by atoms with Crippen LogP contribution in [0.15, 0.2) is 18.3 Å². The first kappa shape index (κ1) is 14.3. The highest BCUT2D eigenvalue weighted by Gasteiger charge is 2.18. The van der Waals surface area contributed by atoms with Crippen LogP contribution in [0.3, 0.4) is 0 Å².